The van der Waals surface area contributed by atoms with E-state index < -0.39 is 0 Å². The van der Waals surface area contributed by atoms with Crippen LogP contribution in [-0.2, 0) is 4.79 Å². The number of nitrogens with two attached hydrogens (primary N) is 1. The van der Waals surface area contributed by atoms with E-state index in [0.717, 1.165) is 17.1 Å². The van der Waals surface area contributed by atoms with Crippen LogP contribution >= 0.6 is 23.1 Å². The van der Waals surface area contributed by atoms with Crippen molar-refractivity contribution in [3.05, 3.63) is 45.7 Å². The Hall–Kier alpha value is -1.46. The molecule has 0 aliphatic carbocycles. The van der Waals surface area contributed by atoms with E-state index in [4.69, 9.17) is 5.73 Å². The molecule has 0 spiro atoms. The van der Waals surface area contributed by atoms with E-state index in [-0.39, 0.29) is 5.91 Å². The molecule has 0 unspecified atom stereocenters. The molecule has 0 saturated carbocycles. The summed E-state index contributed by atoms with van der Waals surface area (Å²) in [6, 6.07) is 2.07. The number of rotatable bonds is 1. The molecular weight excluding hydrogens is 252 g/mol. The lowest BCUT2D eigenvalue weighted by Gasteiger charge is -2.25. The number of hydrogen-bond donors (Lipinski definition) is 1. The van der Waals surface area contributed by atoms with Gasteiger partial charge in [0.1, 0.15) is 0 Å². The van der Waals surface area contributed by atoms with Gasteiger partial charge in [0, 0.05) is 17.6 Å². The number of carbonyl (C=O) groups excluding carboxylic acids is 1. The lowest BCUT2D eigenvalue weighted by Crippen LogP contribution is -2.25. The van der Waals surface area contributed by atoms with Crippen LogP contribution in [0.2, 0.25) is 0 Å². The molecule has 0 radical (unpaired) electrons. The molecule has 0 saturated heterocycles. The zero-order valence-electron chi connectivity index (χ0n) is 8.92. The van der Waals surface area contributed by atoms with E-state index in [1.54, 1.807) is 23.1 Å². The summed E-state index contributed by atoms with van der Waals surface area (Å²) in [7, 11) is 0. The van der Waals surface area contributed by atoms with Crippen LogP contribution in [0.4, 0.5) is 0 Å². The Morgan fingerprint density at radius 2 is 2.35 bits per heavy atom. The first-order valence-electron chi connectivity index (χ1n) is 5.16. The minimum Gasteiger partial charge on any atom is -0.366 e. The molecular formula is C12H10N2OS2. The number of primary amides is 1. The second-order valence-electron chi connectivity index (χ2n) is 3.70. The van der Waals surface area contributed by atoms with E-state index in [9.17, 15) is 4.79 Å². The summed E-state index contributed by atoms with van der Waals surface area (Å²) in [6.45, 7) is 0.778. The van der Waals surface area contributed by atoms with Crippen molar-refractivity contribution >= 4 is 34.7 Å². The smallest absolute Gasteiger partial charge is 0.250 e. The second-order valence-corrected chi connectivity index (χ2v) is 5.56. The summed E-state index contributed by atoms with van der Waals surface area (Å²) in [5.41, 5.74) is 6.98. The molecule has 3 rings (SSSR count). The average Bonchev–Trinajstić information content (AvgIpc) is 2.70. The van der Waals surface area contributed by atoms with Crippen LogP contribution in [0, 0.1) is 0 Å². The van der Waals surface area contributed by atoms with E-state index >= 15 is 0 Å². The van der Waals surface area contributed by atoms with Crippen LogP contribution in [0.3, 0.4) is 0 Å². The normalized spacial score (nSPS) is 17.8. The molecule has 2 N–H and O–H groups in total. The van der Waals surface area contributed by atoms with Gasteiger partial charge in [0.2, 0.25) is 0 Å². The molecule has 0 aromatic carbocycles. The molecule has 17 heavy (non-hydrogen) atoms. The highest BCUT2D eigenvalue weighted by molar-refractivity contribution is 8.02. The predicted molar refractivity (Wildman–Crippen MR) is 71.3 cm³/mol. The molecule has 0 bridgehead atoms. The van der Waals surface area contributed by atoms with Crippen molar-refractivity contribution in [2.75, 3.05) is 6.54 Å². The fourth-order valence-electron chi connectivity index (χ4n) is 1.94. The van der Waals surface area contributed by atoms with Crippen LogP contribution in [0.25, 0.3) is 5.70 Å². The molecule has 3 heterocycles. The van der Waals surface area contributed by atoms with Gasteiger partial charge < -0.3 is 10.6 Å². The summed E-state index contributed by atoms with van der Waals surface area (Å²) >= 11 is 3.31. The first kappa shape index (κ1) is 10.7. The van der Waals surface area contributed by atoms with Gasteiger partial charge in [-0.3, -0.25) is 4.79 Å². The van der Waals surface area contributed by atoms with Gasteiger partial charge >= 0.3 is 0 Å². The monoisotopic (exact) mass is 262 g/mol. The number of carbonyl (C=O) groups is 1. The molecule has 86 valence electrons. The predicted octanol–water partition coefficient (Wildman–Crippen LogP) is 2.39. The SMILES string of the molecule is NC(=O)C1=C2c3sccc3SC=CN2CC=C1. The van der Waals surface area contributed by atoms with Gasteiger partial charge in [0.05, 0.1) is 16.1 Å². The fourth-order valence-corrected chi connectivity index (χ4v) is 3.88. The van der Waals surface area contributed by atoms with Gasteiger partial charge in [0.25, 0.3) is 5.91 Å². The zero-order chi connectivity index (χ0) is 11.8. The van der Waals surface area contributed by atoms with Crippen LogP contribution < -0.4 is 5.73 Å². The van der Waals surface area contributed by atoms with Gasteiger partial charge in [-0.2, -0.15) is 0 Å². The number of hydrogen-bond acceptors (Lipinski definition) is 4. The third kappa shape index (κ3) is 1.71. The van der Waals surface area contributed by atoms with Crippen molar-refractivity contribution in [1.29, 1.82) is 0 Å². The first-order valence-corrected chi connectivity index (χ1v) is 6.92. The Morgan fingerprint density at radius 3 is 3.18 bits per heavy atom. The third-order valence-corrected chi connectivity index (χ3v) is 4.58. The van der Waals surface area contributed by atoms with Crippen LogP contribution in [0.5, 0.6) is 0 Å². The highest BCUT2D eigenvalue weighted by atomic mass is 32.2. The Bertz CT molecular complexity index is 569. The first-order chi connectivity index (χ1) is 8.27. The topological polar surface area (TPSA) is 46.3 Å². The van der Waals surface area contributed by atoms with Gasteiger partial charge in [-0.1, -0.05) is 17.8 Å². The van der Waals surface area contributed by atoms with Gasteiger partial charge in [-0.15, -0.1) is 11.3 Å². The Kier molecular flexibility index (Phi) is 2.57. The molecule has 3 nitrogen and oxygen atoms in total. The molecule has 2 aliphatic rings. The number of thioether (sulfide) groups is 1. The second kappa shape index (κ2) is 4.09. The standard InChI is InChI=1S/C12H10N2OS2/c13-12(15)8-2-1-4-14-5-7-16-9-3-6-17-11(9)10(8)14/h1-3,5-7H,4H2,(H2,13,15). The van der Waals surface area contributed by atoms with E-state index in [1.807, 2.05) is 29.1 Å². The molecule has 1 aromatic heterocycles. The Balaban J connectivity index is 2.27. The zero-order valence-corrected chi connectivity index (χ0v) is 10.6. The highest BCUT2D eigenvalue weighted by Gasteiger charge is 2.24. The van der Waals surface area contributed by atoms with E-state index in [2.05, 4.69) is 11.0 Å². The summed E-state index contributed by atoms with van der Waals surface area (Å²) in [6.07, 6.45) is 5.78. The van der Waals surface area contributed by atoms with Gasteiger partial charge in [-0.25, -0.2) is 0 Å². The Labute approximate surface area is 107 Å². The van der Waals surface area contributed by atoms with E-state index in [0.29, 0.717) is 5.57 Å². The number of nitrogens with zero attached hydrogens (tertiary/aromatic N) is 1. The van der Waals surface area contributed by atoms with Crippen LogP contribution in [0.1, 0.15) is 4.88 Å². The molecule has 0 atom stereocenters. The van der Waals surface area contributed by atoms with Crippen molar-refractivity contribution in [2.24, 2.45) is 5.73 Å². The van der Waals surface area contributed by atoms with Crippen molar-refractivity contribution in [1.82, 2.24) is 4.90 Å². The minimum atomic E-state index is -0.374. The van der Waals surface area contributed by atoms with Crippen LogP contribution in [0.15, 0.2) is 45.7 Å². The van der Waals surface area contributed by atoms with E-state index in [1.165, 1.54) is 4.90 Å². The van der Waals surface area contributed by atoms with Gasteiger partial charge in [0.15, 0.2) is 0 Å². The largest absolute Gasteiger partial charge is 0.366 e. The highest BCUT2D eigenvalue weighted by Crippen LogP contribution is 2.40. The number of fused-ring (bicyclic) bond motifs is 3. The Morgan fingerprint density at radius 1 is 1.47 bits per heavy atom. The maximum absolute atomic E-state index is 11.5. The van der Waals surface area contributed by atoms with Crippen molar-refractivity contribution in [3.63, 3.8) is 0 Å². The molecule has 1 amide bonds. The number of amides is 1. The van der Waals surface area contributed by atoms with Crippen molar-refractivity contribution in [2.45, 2.75) is 4.90 Å². The third-order valence-electron chi connectivity index (χ3n) is 2.67. The average molecular weight is 262 g/mol. The molecule has 1 aromatic rings. The van der Waals surface area contributed by atoms with Crippen molar-refractivity contribution < 1.29 is 4.79 Å². The maximum Gasteiger partial charge on any atom is 0.250 e. The summed E-state index contributed by atoms with van der Waals surface area (Å²) < 4.78 is 0. The summed E-state index contributed by atoms with van der Waals surface area (Å²) in [5.74, 6) is -0.374. The minimum absolute atomic E-state index is 0.374. The fraction of sp³-hybridized carbons (Fsp3) is 0.0833. The molecule has 0 fully saturated rings. The maximum atomic E-state index is 11.5. The number of thiophene rings is 1. The quantitative estimate of drug-likeness (QED) is 0.845. The van der Waals surface area contributed by atoms with Crippen molar-refractivity contribution in [3.8, 4) is 0 Å². The van der Waals surface area contributed by atoms with Crippen LogP contribution in [-0.4, -0.2) is 17.4 Å². The lowest BCUT2D eigenvalue weighted by atomic mass is 10.1. The molecule has 5 heteroatoms. The lowest BCUT2D eigenvalue weighted by molar-refractivity contribution is -0.114. The van der Waals surface area contributed by atoms with Gasteiger partial charge in [-0.05, 0) is 22.9 Å². The molecule has 2 aliphatic heterocycles. The summed E-state index contributed by atoms with van der Waals surface area (Å²) in [4.78, 5) is 15.9. The summed E-state index contributed by atoms with van der Waals surface area (Å²) in [5, 5.41) is 4.08.